The van der Waals surface area contributed by atoms with Gasteiger partial charge in [-0.3, -0.25) is 18.9 Å². The Morgan fingerprint density at radius 1 is 1.12 bits per heavy atom. The van der Waals surface area contributed by atoms with Crippen LogP contribution in [0.1, 0.15) is 6.23 Å². The molecule has 180 valence electrons. The molecule has 0 saturated carbocycles. The first-order valence-corrected chi connectivity index (χ1v) is 13.3. The maximum atomic E-state index is 11.9. The van der Waals surface area contributed by atoms with E-state index in [4.69, 9.17) is 19.4 Å². The molecule has 0 spiro atoms. The van der Waals surface area contributed by atoms with E-state index in [1.165, 1.54) is 0 Å². The Morgan fingerprint density at radius 2 is 1.78 bits per heavy atom. The number of ether oxygens (including phenoxy) is 1. The molecular formula is C10H14BrN4O14P3. The van der Waals surface area contributed by atoms with Gasteiger partial charge in [-0.05, 0) is 15.9 Å². The highest BCUT2D eigenvalue weighted by molar-refractivity contribution is 9.10. The van der Waals surface area contributed by atoms with Crippen molar-refractivity contribution in [2.24, 2.45) is 0 Å². The third-order valence-corrected chi connectivity index (χ3v) is 8.01. The third-order valence-electron chi connectivity index (χ3n) is 3.83. The van der Waals surface area contributed by atoms with Crippen molar-refractivity contribution in [3.05, 3.63) is 21.4 Å². The Balaban J connectivity index is 1.72. The number of aromatic amines is 1. The van der Waals surface area contributed by atoms with Crippen LogP contribution in [-0.2, 0) is 31.6 Å². The molecule has 0 aromatic carbocycles. The van der Waals surface area contributed by atoms with Crippen LogP contribution in [0.4, 0.5) is 0 Å². The van der Waals surface area contributed by atoms with E-state index < -0.39 is 60.2 Å². The molecule has 22 heteroatoms. The Hall–Kier alpha value is -0.880. The van der Waals surface area contributed by atoms with Gasteiger partial charge >= 0.3 is 23.5 Å². The standard InChI is InChI=1S/C10H14BrN4O14P3/c11-10-13-7-4(8(18)14-10)12-2-15(7)9-6(17)5(16)3(27-9)1-26-31(22,23)29-32(24,25)28-30(19,20)21/h2-3,5-6,9,16-17H,1H2,(H,22,23)(H,24,25)(H,13,14,18)(H2,19,20,21)/t3-,5-,6-,9?/m0/s1. The highest BCUT2D eigenvalue weighted by Crippen LogP contribution is 2.66. The highest BCUT2D eigenvalue weighted by Gasteiger charge is 2.47. The van der Waals surface area contributed by atoms with Crippen molar-refractivity contribution in [3.63, 3.8) is 0 Å². The lowest BCUT2D eigenvalue weighted by Crippen LogP contribution is -2.33. The maximum absolute atomic E-state index is 11.9. The molecule has 1 fully saturated rings. The van der Waals surface area contributed by atoms with Gasteiger partial charge < -0.3 is 34.5 Å². The second-order valence-corrected chi connectivity index (χ2v) is 11.3. The third kappa shape index (κ3) is 5.97. The number of H-pyrrole nitrogens is 1. The molecule has 7 N–H and O–H groups in total. The number of imidazole rings is 1. The molecule has 1 aliphatic heterocycles. The average molecular weight is 587 g/mol. The van der Waals surface area contributed by atoms with Crippen molar-refractivity contribution in [1.82, 2.24) is 19.5 Å². The molecule has 0 radical (unpaired) electrons. The van der Waals surface area contributed by atoms with Crippen molar-refractivity contribution in [2.45, 2.75) is 24.5 Å². The fraction of sp³-hybridized carbons (Fsp3) is 0.500. The Morgan fingerprint density at radius 3 is 2.41 bits per heavy atom. The Kier molecular flexibility index (Phi) is 7.28. The molecule has 3 heterocycles. The minimum absolute atomic E-state index is 0.0361. The smallest absolute Gasteiger partial charge is 0.387 e. The molecule has 3 unspecified atom stereocenters. The van der Waals surface area contributed by atoms with E-state index in [0.717, 1.165) is 10.9 Å². The summed E-state index contributed by atoms with van der Waals surface area (Å²) in [5, 5.41) is 20.4. The summed E-state index contributed by atoms with van der Waals surface area (Å²) in [6, 6.07) is 0. The first-order chi connectivity index (χ1) is 14.6. The monoisotopic (exact) mass is 586 g/mol. The zero-order valence-electron chi connectivity index (χ0n) is 15.1. The number of hydrogen-bond acceptors (Lipinski definition) is 12. The van der Waals surface area contributed by atoms with Crippen molar-refractivity contribution in [2.75, 3.05) is 6.61 Å². The zero-order valence-corrected chi connectivity index (χ0v) is 19.4. The van der Waals surface area contributed by atoms with Crippen molar-refractivity contribution in [3.8, 4) is 0 Å². The van der Waals surface area contributed by atoms with Crippen LogP contribution < -0.4 is 5.56 Å². The van der Waals surface area contributed by atoms with E-state index in [1.54, 1.807) is 0 Å². The fourth-order valence-corrected chi connectivity index (χ4v) is 6.03. The minimum Gasteiger partial charge on any atom is -0.387 e. The molecule has 0 aliphatic carbocycles. The molecule has 3 rings (SSSR count). The molecular weight excluding hydrogens is 573 g/mol. The van der Waals surface area contributed by atoms with Crippen LogP contribution in [0.5, 0.6) is 0 Å². The van der Waals surface area contributed by atoms with Gasteiger partial charge in [-0.15, -0.1) is 0 Å². The SMILES string of the molecule is O=c1[nH]c(Br)nc2c1ncn2C1O[C@@H](COP(=O)(O)OP(=O)(O)OP(=O)(O)O)[C@H](O)[C@@H]1O. The van der Waals surface area contributed by atoms with E-state index in [-0.39, 0.29) is 15.9 Å². The number of phosphoric ester groups is 1. The summed E-state index contributed by atoms with van der Waals surface area (Å²) >= 11 is 2.98. The van der Waals surface area contributed by atoms with Crippen molar-refractivity contribution >= 4 is 50.6 Å². The predicted octanol–water partition coefficient (Wildman–Crippen LogP) is -1.16. The second-order valence-electron chi connectivity index (χ2n) is 6.11. The van der Waals surface area contributed by atoms with Crippen LogP contribution in [-0.4, -0.2) is 74.2 Å². The minimum atomic E-state index is -5.72. The van der Waals surface area contributed by atoms with Gasteiger partial charge in [0.05, 0.1) is 12.9 Å². The summed E-state index contributed by atoms with van der Waals surface area (Å²) in [7, 11) is -16.8. The van der Waals surface area contributed by atoms with Crippen LogP contribution in [0.15, 0.2) is 15.9 Å². The number of phosphoric acid groups is 3. The number of aromatic nitrogens is 4. The van der Waals surface area contributed by atoms with Gasteiger partial charge in [-0.2, -0.15) is 8.62 Å². The summed E-state index contributed by atoms with van der Waals surface area (Å²) in [5.41, 5.74) is -0.765. The van der Waals surface area contributed by atoms with Crippen molar-refractivity contribution in [1.29, 1.82) is 0 Å². The number of aliphatic hydroxyl groups is 2. The van der Waals surface area contributed by atoms with Gasteiger partial charge in [0.15, 0.2) is 22.1 Å². The summed E-state index contributed by atoms with van der Waals surface area (Å²) in [5.74, 6) is 0. The largest absolute Gasteiger partial charge is 0.490 e. The van der Waals surface area contributed by atoms with Gasteiger partial charge in [0.2, 0.25) is 0 Å². The maximum Gasteiger partial charge on any atom is 0.490 e. The molecule has 0 amide bonds. The normalized spacial score (nSPS) is 28.0. The fourth-order valence-electron chi connectivity index (χ4n) is 2.65. The molecule has 0 bridgehead atoms. The molecule has 1 saturated heterocycles. The van der Waals surface area contributed by atoms with E-state index in [1.807, 2.05) is 0 Å². The van der Waals surface area contributed by atoms with Crippen LogP contribution in [0.2, 0.25) is 0 Å². The summed E-state index contributed by atoms with van der Waals surface area (Å²) < 4.78 is 51.8. The van der Waals surface area contributed by atoms with E-state index >= 15 is 0 Å². The van der Waals surface area contributed by atoms with Crippen LogP contribution >= 0.6 is 39.4 Å². The lowest BCUT2D eigenvalue weighted by atomic mass is 10.1. The quantitative estimate of drug-likeness (QED) is 0.142. The number of halogens is 1. The average Bonchev–Trinajstić information content (AvgIpc) is 3.12. The number of nitrogens with zero attached hydrogens (tertiary/aromatic N) is 3. The number of nitrogens with one attached hydrogen (secondary N) is 1. The van der Waals surface area contributed by atoms with E-state index in [0.29, 0.717) is 0 Å². The van der Waals surface area contributed by atoms with Gasteiger partial charge in [0, 0.05) is 0 Å². The molecule has 2 aromatic heterocycles. The summed E-state index contributed by atoms with van der Waals surface area (Å²) in [6.07, 6.45) is -5.20. The van der Waals surface area contributed by atoms with Crippen molar-refractivity contribution < 1.29 is 61.4 Å². The number of rotatable bonds is 8. The van der Waals surface area contributed by atoms with Gasteiger partial charge in [0.25, 0.3) is 5.56 Å². The van der Waals surface area contributed by atoms with Gasteiger partial charge in [-0.1, -0.05) is 0 Å². The van der Waals surface area contributed by atoms with Gasteiger partial charge in [0.1, 0.15) is 18.3 Å². The Bertz CT molecular complexity index is 1210. The van der Waals surface area contributed by atoms with E-state index in [9.17, 15) is 33.6 Å². The van der Waals surface area contributed by atoms with Crippen LogP contribution in [0, 0.1) is 0 Å². The number of fused-ring (bicyclic) bond motifs is 1. The lowest BCUT2D eigenvalue weighted by molar-refractivity contribution is -0.0503. The highest BCUT2D eigenvalue weighted by atomic mass is 79.9. The first kappa shape index (κ1) is 25.7. The summed E-state index contributed by atoms with van der Waals surface area (Å²) in [6.45, 7) is -0.997. The predicted molar refractivity (Wildman–Crippen MR) is 102 cm³/mol. The topological polar surface area (TPSA) is 273 Å². The van der Waals surface area contributed by atoms with Crippen LogP contribution in [0.3, 0.4) is 0 Å². The summed E-state index contributed by atoms with van der Waals surface area (Å²) in [4.78, 5) is 57.7. The second kappa shape index (κ2) is 9.05. The number of aliphatic hydroxyl groups excluding tert-OH is 2. The molecule has 2 aromatic rings. The van der Waals surface area contributed by atoms with Gasteiger partial charge in [-0.25, -0.2) is 23.7 Å². The molecule has 18 nitrogen and oxygen atoms in total. The number of hydrogen-bond donors (Lipinski definition) is 7. The van der Waals surface area contributed by atoms with Crippen LogP contribution in [0.25, 0.3) is 11.2 Å². The van der Waals surface area contributed by atoms with E-state index in [2.05, 4.69) is 44.0 Å². The Labute approximate surface area is 184 Å². The molecule has 32 heavy (non-hydrogen) atoms. The zero-order chi connectivity index (χ0) is 24.1. The molecule has 6 atom stereocenters. The molecule has 1 aliphatic rings. The lowest BCUT2D eigenvalue weighted by Gasteiger charge is -2.19. The first-order valence-electron chi connectivity index (χ1n) is 8.01.